The van der Waals surface area contributed by atoms with E-state index in [1.807, 2.05) is 18.3 Å². The van der Waals surface area contributed by atoms with Crippen LogP contribution in [0.2, 0.25) is 0 Å². The van der Waals surface area contributed by atoms with Gasteiger partial charge in [0.15, 0.2) is 6.19 Å². The highest BCUT2D eigenvalue weighted by molar-refractivity contribution is 5.64. The number of ether oxygens (including phenoxy) is 1. The van der Waals surface area contributed by atoms with E-state index < -0.39 is 11.7 Å². The Labute approximate surface area is 137 Å². The lowest BCUT2D eigenvalue weighted by atomic mass is 10.0. The van der Waals surface area contributed by atoms with Gasteiger partial charge in [0.25, 0.3) is 0 Å². The number of nitrogens with zero attached hydrogens (tertiary/aromatic N) is 2. The Bertz CT molecular complexity index is 744. The molecular formula is C18H15F3N2O. The van der Waals surface area contributed by atoms with E-state index in [2.05, 4.69) is 0 Å². The van der Waals surface area contributed by atoms with Gasteiger partial charge >= 0.3 is 6.18 Å². The van der Waals surface area contributed by atoms with Crippen molar-refractivity contribution in [3.05, 3.63) is 59.7 Å². The summed E-state index contributed by atoms with van der Waals surface area (Å²) >= 11 is 0. The molecule has 0 radical (unpaired) electrons. The van der Waals surface area contributed by atoms with Gasteiger partial charge in [-0.1, -0.05) is 36.4 Å². The first-order valence-corrected chi connectivity index (χ1v) is 7.48. The van der Waals surface area contributed by atoms with Crippen molar-refractivity contribution >= 4 is 0 Å². The van der Waals surface area contributed by atoms with Crippen LogP contribution in [0.3, 0.4) is 0 Å². The van der Waals surface area contributed by atoms with Crippen molar-refractivity contribution in [2.45, 2.75) is 18.9 Å². The Morgan fingerprint density at radius 1 is 1.08 bits per heavy atom. The topological polar surface area (TPSA) is 36.3 Å². The van der Waals surface area contributed by atoms with Crippen LogP contribution in [0.5, 0.6) is 0 Å². The lowest BCUT2D eigenvalue weighted by Gasteiger charge is -2.34. The van der Waals surface area contributed by atoms with Crippen molar-refractivity contribution < 1.29 is 17.9 Å². The second-order valence-corrected chi connectivity index (χ2v) is 5.71. The predicted molar refractivity (Wildman–Crippen MR) is 82.6 cm³/mol. The van der Waals surface area contributed by atoms with Crippen LogP contribution in [0, 0.1) is 11.5 Å². The van der Waals surface area contributed by atoms with Gasteiger partial charge < -0.3 is 9.64 Å². The lowest BCUT2D eigenvalue weighted by Crippen LogP contribution is -2.49. The summed E-state index contributed by atoms with van der Waals surface area (Å²) in [7, 11) is 0. The van der Waals surface area contributed by atoms with Gasteiger partial charge in [0.1, 0.15) is 0 Å². The van der Waals surface area contributed by atoms with Gasteiger partial charge in [-0.05, 0) is 28.8 Å². The number of alkyl halides is 3. The number of nitriles is 1. The van der Waals surface area contributed by atoms with Crippen molar-refractivity contribution in [2.75, 3.05) is 13.1 Å². The summed E-state index contributed by atoms with van der Waals surface area (Å²) in [5.74, 6) is 0. The maximum atomic E-state index is 12.8. The Morgan fingerprint density at radius 3 is 2.42 bits per heavy atom. The molecule has 0 spiro atoms. The van der Waals surface area contributed by atoms with Crippen LogP contribution in [0.4, 0.5) is 13.2 Å². The molecule has 3 rings (SSSR count). The molecule has 124 valence electrons. The molecular weight excluding hydrogens is 317 g/mol. The minimum atomic E-state index is -4.34. The highest BCUT2D eigenvalue weighted by atomic mass is 19.4. The summed E-state index contributed by atoms with van der Waals surface area (Å²) in [4.78, 5) is 1.61. The fourth-order valence-corrected chi connectivity index (χ4v) is 2.51. The monoisotopic (exact) mass is 332 g/mol. The van der Waals surface area contributed by atoms with Crippen LogP contribution < -0.4 is 0 Å². The fraction of sp³-hybridized carbons (Fsp3) is 0.278. The molecule has 1 heterocycles. The molecule has 0 N–H and O–H groups in total. The molecule has 0 aliphatic carbocycles. The summed E-state index contributed by atoms with van der Waals surface area (Å²) in [6.07, 6.45) is -2.24. The van der Waals surface area contributed by atoms with Crippen LogP contribution in [0.15, 0.2) is 48.5 Å². The molecule has 2 aromatic rings. The largest absolute Gasteiger partial charge is 0.416 e. The smallest absolute Gasteiger partial charge is 0.370 e. The molecule has 0 atom stereocenters. The second-order valence-electron chi connectivity index (χ2n) is 5.71. The SMILES string of the molecule is N#CN1CC(OCc2ccc(-c3cccc(C(F)(F)F)c3)cc2)C1. The average molecular weight is 332 g/mol. The molecule has 1 fully saturated rings. The van der Waals surface area contributed by atoms with E-state index in [4.69, 9.17) is 10.00 Å². The lowest BCUT2D eigenvalue weighted by molar-refractivity contribution is -0.137. The van der Waals surface area contributed by atoms with Crippen LogP contribution in [0.25, 0.3) is 11.1 Å². The van der Waals surface area contributed by atoms with Crippen molar-refractivity contribution in [2.24, 2.45) is 0 Å². The first-order valence-electron chi connectivity index (χ1n) is 7.48. The number of likely N-dealkylation sites (tertiary alicyclic amines) is 1. The Morgan fingerprint density at radius 2 is 1.79 bits per heavy atom. The summed E-state index contributed by atoms with van der Waals surface area (Å²) < 4.78 is 44.0. The van der Waals surface area contributed by atoms with Gasteiger partial charge in [-0.3, -0.25) is 0 Å². The standard InChI is InChI=1S/C18H15F3N2O/c19-18(20,21)16-3-1-2-15(8-16)14-6-4-13(5-7-14)11-24-17-9-23(10-17)12-22/h1-8,17H,9-11H2. The van der Waals surface area contributed by atoms with Gasteiger partial charge in [-0.25, -0.2) is 0 Å². The van der Waals surface area contributed by atoms with Crippen molar-refractivity contribution in [1.82, 2.24) is 4.90 Å². The highest BCUT2D eigenvalue weighted by Gasteiger charge is 2.30. The van der Waals surface area contributed by atoms with Crippen molar-refractivity contribution in [3.63, 3.8) is 0 Å². The first kappa shape index (κ1) is 16.3. The van der Waals surface area contributed by atoms with E-state index in [0.717, 1.165) is 23.3 Å². The molecule has 0 aromatic heterocycles. The Balaban J connectivity index is 1.63. The van der Waals surface area contributed by atoms with Gasteiger partial charge in [0.05, 0.1) is 31.4 Å². The minimum Gasteiger partial charge on any atom is -0.370 e. The van der Waals surface area contributed by atoms with Gasteiger partial charge in [0.2, 0.25) is 0 Å². The minimum absolute atomic E-state index is 0.0628. The van der Waals surface area contributed by atoms with Crippen molar-refractivity contribution in [1.29, 1.82) is 5.26 Å². The van der Waals surface area contributed by atoms with Crippen molar-refractivity contribution in [3.8, 4) is 17.3 Å². The molecule has 6 heteroatoms. The van der Waals surface area contributed by atoms with Crippen LogP contribution in [0.1, 0.15) is 11.1 Å². The third-order valence-corrected chi connectivity index (χ3v) is 3.95. The first-order chi connectivity index (χ1) is 11.5. The molecule has 1 aliphatic heterocycles. The quantitative estimate of drug-likeness (QED) is 0.793. The molecule has 3 nitrogen and oxygen atoms in total. The molecule has 0 bridgehead atoms. The zero-order chi connectivity index (χ0) is 17.2. The third-order valence-electron chi connectivity index (χ3n) is 3.95. The maximum Gasteiger partial charge on any atom is 0.416 e. The summed E-state index contributed by atoms with van der Waals surface area (Å²) in [6, 6.07) is 12.5. The van der Waals surface area contributed by atoms with Crippen LogP contribution in [-0.4, -0.2) is 24.1 Å². The average Bonchev–Trinajstić information content (AvgIpc) is 2.53. The van der Waals surface area contributed by atoms with E-state index in [9.17, 15) is 13.2 Å². The van der Waals surface area contributed by atoms with E-state index in [1.165, 1.54) is 6.07 Å². The third kappa shape index (κ3) is 3.69. The molecule has 0 unspecified atom stereocenters. The molecule has 0 saturated carbocycles. The number of benzene rings is 2. The molecule has 24 heavy (non-hydrogen) atoms. The van der Waals surface area contributed by atoms with E-state index in [0.29, 0.717) is 25.3 Å². The maximum absolute atomic E-state index is 12.8. The second kappa shape index (κ2) is 6.54. The van der Waals surface area contributed by atoms with Crippen LogP contribution >= 0.6 is 0 Å². The Hall–Kier alpha value is -2.52. The summed E-state index contributed by atoms with van der Waals surface area (Å²) in [6.45, 7) is 1.64. The zero-order valence-electron chi connectivity index (χ0n) is 12.8. The molecule has 0 amide bonds. The van der Waals surface area contributed by atoms with Gasteiger partial charge in [-0.15, -0.1) is 0 Å². The number of halogens is 3. The molecule has 2 aromatic carbocycles. The molecule has 1 saturated heterocycles. The van der Waals surface area contributed by atoms with E-state index in [-0.39, 0.29) is 6.10 Å². The summed E-state index contributed by atoms with van der Waals surface area (Å²) in [5.41, 5.74) is 1.55. The number of rotatable bonds is 4. The normalized spacial score (nSPS) is 15.0. The van der Waals surface area contributed by atoms with Crippen LogP contribution in [-0.2, 0) is 17.5 Å². The summed E-state index contributed by atoms with van der Waals surface area (Å²) in [5, 5.41) is 8.65. The molecule has 1 aliphatic rings. The van der Waals surface area contributed by atoms with Gasteiger partial charge in [0, 0.05) is 0 Å². The van der Waals surface area contributed by atoms with Gasteiger partial charge in [-0.2, -0.15) is 18.4 Å². The van der Waals surface area contributed by atoms with E-state index in [1.54, 1.807) is 23.1 Å². The predicted octanol–water partition coefficient (Wildman–Crippen LogP) is 4.05. The zero-order valence-corrected chi connectivity index (χ0v) is 12.8. The number of hydrogen-bond donors (Lipinski definition) is 0. The Kier molecular flexibility index (Phi) is 4.45. The fourth-order valence-electron chi connectivity index (χ4n) is 2.51. The number of hydrogen-bond acceptors (Lipinski definition) is 3. The highest BCUT2D eigenvalue weighted by Crippen LogP contribution is 2.32. The van der Waals surface area contributed by atoms with E-state index >= 15 is 0 Å².